The van der Waals surface area contributed by atoms with Crippen LogP contribution in [0.1, 0.15) is 53.4 Å². The van der Waals surface area contributed by atoms with Crippen LogP contribution < -0.4 is 5.32 Å². The molecule has 0 radical (unpaired) electrons. The topological polar surface area (TPSA) is 70.7 Å². The molecule has 1 aromatic carbocycles. The van der Waals surface area contributed by atoms with Gasteiger partial charge in [0.25, 0.3) is 5.91 Å². The highest BCUT2D eigenvalue weighted by Crippen LogP contribution is 2.30. The minimum atomic E-state index is -0.206. The van der Waals surface area contributed by atoms with Gasteiger partial charge in [-0.1, -0.05) is 37.6 Å². The number of carbonyl (C=O) groups excluding carboxylic acids is 1. The van der Waals surface area contributed by atoms with Crippen molar-refractivity contribution in [2.24, 2.45) is 0 Å². The van der Waals surface area contributed by atoms with Gasteiger partial charge in [-0.15, -0.1) is 11.3 Å². The fourth-order valence-corrected chi connectivity index (χ4v) is 4.33. The maximum Gasteiger partial charge on any atom is 0.271 e. The van der Waals surface area contributed by atoms with Crippen LogP contribution in [0.3, 0.4) is 0 Å². The highest BCUT2D eigenvalue weighted by Gasteiger charge is 2.24. The molecule has 0 spiro atoms. The number of fused-ring (bicyclic) bond motifs is 1. The summed E-state index contributed by atoms with van der Waals surface area (Å²) in [5.74, 6) is 1.66. The molecule has 0 bridgehead atoms. The van der Waals surface area contributed by atoms with Gasteiger partial charge in [0.1, 0.15) is 11.5 Å². The van der Waals surface area contributed by atoms with Gasteiger partial charge >= 0.3 is 0 Å². The average Bonchev–Trinajstić information content (AvgIpc) is 3.21. The summed E-state index contributed by atoms with van der Waals surface area (Å²) in [6.07, 6.45) is 2.83. The van der Waals surface area contributed by atoms with Gasteiger partial charge in [-0.25, -0.2) is 9.97 Å². The monoisotopic (exact) mass is 408 g/mol. The number of aromatic amines is 1. The molecule has 0 aliphatic rings. The zero-order valence-electron chi connectivity index (χ0n) is 14.9. The van der Waals surface area contributed by atoms with E-state index in [1.54, 1.807) is 11.8 Å². The van der Waals surface area contributed by atoms with Gasteiger partial charge in [-0.3, -0.25) is 4.79 Å². The lowest BCUT2D eigenvalue weighted by atomic mass is 10.1. The Hall–Kier alpha value is -1.57. The molecule has 1 amide bonds. The lowest BCUT2D eigenvalue weighted by molar-refractivity contribution is 0.0928. The van der Waals surface area contributed by atoms with Crippen molar-refractivity contribution >= 4 is 51.6 Å². The van der Waals surface area contributed by atoms with Crippen LogP contribution in [-0.2, 0) is 0 Å². The molecule has 3 aromatic rings. The van der Waals surface area contributed by atoms with Crippen LogP contribution >= 0.6 is 34.7 Å². The standard InChI is InChI=1S/C18H21ClN4OS2/c1-10(2)15-14(23-18(19)26-15)17(24)22-13(8-9-25-3)16-20-11-6-4-5-7-12(11)21-16/h4-7,10,13H,8-9H2,1-3H3,(H,20,21)(H,22,24)/t13-/m1/s1. The first-order valence-corrected chi connectivity index (χ1v) is 11.0. The molecular formula is C18H21ClN4OS2. The first-order valence-electron chi connectivity index (χ1n) is 8.40. The number of imidazole rings is 1. The van der Waals surface area contributed by atoms with Crippen molar-refractivity contribution in [1.29, 1.82) is 0 Å². The van der Waals surface area contributed by atoms with Gasteiger partial charge in [0.15, 0.2) is 4.47 Å². The third-order valence-corrected chi connectivity index (χ3v) is 6.12. The molecule has 26 heavy (non-hydrogen) atoms. The molecule has 0 aliphatic heterocycles. The third-order valence-electron chi connectivity index (χ3n) is 4.02. The van der Waals surface area contributed by atoms with Crippen LogP contribution in [0.15, 0.2) is 24.3 Å². The Morgan fingerprint density at radius 2 is 2.12 bits per heavy atom. The number of para-hydroxylation sites is 2. The summed E-state index contributed by atoms with van der Waals surface area (Å²) in [5, 5.41) is 3.09. The number of nitrogens with one attached hydrogen (secondary N) is 2. The molecule has 138 valence electrons. The van der Waals surface area contributed by atoms with E-state index in [4.69, 9.17) is 11.6 Å². The van der Waals surface area contributed by atoms with E-state index in [1.807, 2.05) is 38.1 Å². The Morgan fingerprint density at radius 3 is 2.81 bits per heavy atom. The second kappa shape index (κ2) is 8.41. The smallest absolute Gasteiger partial charge is 0.271 e. The highest BCUT2D eigenvalue weighted by molar-refractivity contribution is 7.98. The molecule has 0 saturated carbocycles. The Morgan fingerprint density at radius 1 is 1.35 bits per heavy atom. The van der Waals surface area contributed by atoms with Crippen LogP contribution in [0.4, 0.5) is 0 Å². The number of nitrogens with zero attached hydrogens (tertiary/aromatic N) is 2. The molecule has 1 atom stereocenters. The van der Waals surface area contributed by atoms with Crippen LogP contribution in [0.2, 0.25) is 4.47 Å². The van der Waals surface area contributed by atoms with Crippen molar-refractivity contribution in [2.75, 3.05) is 12.0 Å². The van der Waals surface area contributed by atoms with Gasteiger partial charge in [0.2, 0.25) is 0 Å². The number of carbonyl (C=O) groups is 1. The predicted molar refractivity (Wildman–Crippen MR) is 111 cm³/mol. The summed E-state index contributed by atoms with van der Waals surface area (Å²) in [6, 6.07) is 7.65. The number of halogens is 1. The number of hydrogen-bond donors (Lipinski definition) is 2. The van der Waals surface area contributed by atoms with Crippen molar-refractivity contribution in [2.45, 2.75) is 32.2 Å². The normalized spacial score (nSPS) is 12.7. The van der Waals surface area contributed by atoms with Crippen molar-refractivity contribution in [3.05, 3.63) is 45.1 Å². The summed E-state index contributed by atoms with van der Waals surface area (Å²) < 4.78 is 0.392. The number of hydrogen-bond acceptors (Lipinski definition) is 5. The van der Waals surface area contributed by atoms with Crippen molar-refractivity contribution in [1.82, 2.24) is 20.3 Å². The second-order valence-electron chi connectivity index (χ2n) is 6.28. The van der Waals surface area contributed by atoms with E-state index in [2.05, 4.69) is 26.5 Å². The van der Waals surface area contributed by atoms with E-state index in [0.717, 1.165) is 33.9 Å². The number of amides is 1. The van der Waals surface area contributed by atoms with Crippen molar-refractivity contribution in [3.63, 3.8) is 0 Å². The van der Waals surface area contributed by atoms with E-state index in [0.29, 0.717) is 10.2 Å². The molecule has 2 N–H and O–H groups in total. The molecule has 8 heteroatoms. The molecule has 0 unspecified atom stereocenters. The average molecular weight is 409 g/mol. The minimum absolute atomic E-state index is 0.191. The third kappa shape index (κ3) is 4.22. The van der Waals surface area contributed by atoms with Crippen LogP contribution in [0.5, 0.6) is 0 Å². The summed E-state index contributed by atoms with van der Waals surface area (Å²) in [5.41, 5.74) is 2.27. The molecule has 2 aromatic heterocycles. The number of benzene rings is 1. The summed E-state index contributed by atoms with van der Waals surface area (Å²) in [4.78, 5) is 26.0. The zero-order valence-corrected chi connectivity index (χ0v) is 17.3. The van der Waals surface area contributed by atoms with Crippen LogP contribution in [0, 0.1) is 0 Å². The second-order valence-corrected chi connectivity index (χ2v) is 8.88. The Labute approximate surface area is 166 Å². The molecule has 3 rings (SSSR count). The van der Waals surface area contributed by atoms with Gasteiger partial charge in [-0.05, 0) is 36.5 Å². The molecule has 2 heterocycles. The van der Waals surface area contributed by atoms with E-state index in [9.17, 15) is 4.79 Å². The number of H-pyrrole nitrogens is 1. The lowest BCUT2D eigenvalue weighted by Crippen LogP contribution is -2.30. The van der Waals surface area contributed by atoms with Gasteiger partial charge in [0.05, 0.1) is 17.1 Å². The Balaban J connectivity index is 1.87. The quantitative estimate of drug-likeness (QED) is 0.575. The number of thiazole rings is 1. The highest BCUT2D eigenvalue weighted by atomic mass is 35.5. The minimum Gasteiger partial charge on any atom is -0.341 e. The van der Waals surface area contributed by atoms with Crippen molar-refractivity contribution < 1.29 is 4.79 Å². The number of thioether (sulfide) groups is 1. The summed E-state index contributed by atoms with van der Waals surface area (Å²) in [6.45, 7) is 4.07. The van der Waals surface area contributed by atoms with E-state index < -0.39 is 0 Å². The predicted octanol–water partition coefficient (Wildman–Crippen LogP) is 5.02. The summed E-state index contributed by atoms with van der Waals surface area (Å²) in [7, 11) is 0. The first kappa shape index (κ1) is 19.2. The fraction of sp³-hybridized carbons (Fsp3) is 0.389. The molecule has 5 nitrogen and oxygen atoms in total. The zero-order chi connectivity index (χ0) is 18.7. The van der Waals surface area contributed by atoms with Crippen molar-refractivity contribution in [3.8, 4) is 0 Å². The van der Waals surface area contributed by atoms with E-state index in [-0.39, 0.29) is 17.9 Å². The SMILES string of the molecule is CSCC[C@@H](NC(=O)c1nc(Cl)sc1C(C)C)c1nc2ccccc2[nH]1. The maximum absolute atomic E-state index is 12.9. The van der Waals surface area contributed by atoms with Crippen LogP contribution in [0.25, 0.3) is 11.0 Å². The Kier molecular flexibility index (Phi) is 6.21. The van der Waals surface area contributed by atoms with Crippen LogP contribution in [-0.4, -0.2) is 32.9 Å². The van der Waals surface area contributed by atoms with E-state index in [1.165, 1.54) is 11.3 Å². The molecular weight excluding hydrogens is 388 g/mol. The molecule has 0 fully saturated rings. The van der Waals surface area contributed by atoms with E-state index >= 15 is 0 Å². The Bertz CT molecular complexity index is 873. The van der Waals surface area contributed by atoms with Gasteiger partial charge in [0, 0.05) is 4.88 Å². The lowest BCUT2D eigenvalue weighted by Gasteiger charge is -2.16. The van der Waals surface area contributed by atoms with Gasteiger partial charge in [-0.2, -0.15) is 11.8 Å². The first-order chi connectivity index (χ1) is 12.5. The molecule has 0 saturated heterocycles. The number of rotatable bonds is 7. The largest absolute Gasteiger partial charge is 0.341 e. The maximum atomic E-state index is 12.9. The molecule has 0 aliphatic carbocycles. The summed E-state index contributed by atoms with van der Waals surface area (Å²) >= 11 is 9.15. The van der Waals surface area contributed by atoms with Gasteiger partial charge < -0.3 is 10.3 Å². The fourth-order valence-electron chi connectivity index (χ4n) is 2.74. The number of aromatic nitrogens is 3.